The number of nitrogens with one attached hydrogen (secondary N) is 2. The van der Waals surface area contributed by atoms with E-state index in [2.05, 4.69) is 4.98 Å². The number of aromatic amines is 1. The van der Waals surface area contributed by atoms with Crippen molar-refractivity contribution in [3.8, 4) is 5.88 Å². The first-order chi connectivity index (χ1) is 16.3. The van der Waals surface area contributed by atoms with Gasteiger partial charge in [-0.15, -0.1) is 0 Å². The minimum absolute atomic E-state index is 0.188. The number of nitrogens with zero attached hydrogens (tertiary/aromatic N) is 4. The molecule has 0 aliphatic carbocycles. The number of benzene rings is 1. The van der Waals surface area contributed by atoms with Gasteiger partial charge in [0.15, 0.2) is 5.82 Å². The number of hydrogen-bond donors (Lipinski definition) is 2. The van der Waals surface area contributed by atoms with Crippen molar-refractivity contribution in [2.45, 2.75) is 38.3 Å². The zero-order chi connectivity index (χ0) is 24.3. The van der Waals surface area contributed by atoms with Crippen molar-refractivity contribution >= 4 is 44.5 Å². The van der Waals surface area contributed by atoms with E-state index in [1.807, 2.05) is 37.4 Å². The SMILES string of the molecule is CC(N=C(CC=N)c1ccc[nH]1)c1nc(OC2CCN(S(C)(=O)=O)CC2)c2c(Cl)cccc2n1. The number of sulfonamides is 1. The number of aliphatic imine (C=N–C) groups is 1. The predicted octanol–water partition coefficient (Wildman–Crippen LogP) is 4.00. The molecule has 0 radical (unpaired) electrons. The second-order valence-electron chi connectivity index (χ2n) is 8.24. The lowest BCUT2D eigenvalue weighted by Crippen LogP contribution is -2.41. The largest absolute Gasteiger partial charge is 0.474 e. The van der Waals surface area contributed by atoms with Crippen molar-refractivity contribution in [3.05, 3.63) is 53.1 Å². The van der Waals surface area contributed by atoms with Crippen molar-refractivity contribution in [1.29, 1.82) is 5.41 Å². The van der Waals surface area contributed by atoms with Crippen molar-refractivity contribution in [1.82, 2.24) is 19.3 Å². The van der Waals surface area contributed by atoms with Gasteiger partial charge in [0.05, 0.1) is 33.6 Å². The fourth-order valence-electron chi connectivity index (χ4n) is 3.97. The van der Waals surface area contributed by atoms with Crippen LogP contribution in [-0.2, 0) is 10.0 Å². The van der Waals surface area contributed by atoms with Crippen LogP contribution >= 0.6 is 11.6 Å². The molecule has 0 saturated carbocycles. The number of H-pyrrole nitrogens is 1. The second-order valence-corrected chi connectivity index (χ2v) is 10.6. The van der Waals surface area contributed by atoms with E-state index in [1.54, 1.807) is 6.07 Å². The van der Waals surface area contributed by atoms with Crippen LogP contribution in [-0.4, -0.2) is 65.1 Å². The summed E-state index contributed by atoms with van der Waals surface area (Å²) < 4.78 is 31.4. The van der Waals surface area contributed by atoms with E-state index in [0.717, 1.165) is 11.4 Å². The van der Waals surface area contributed by atoms with E-state index in [4.69, 9.17) is 36.7 Å². The molecule has 11 heteroatoms. The van der Waals surface area contributed by atoms with Gasteiger partial charge in [0.1, 0.15) is 12.1 Å². The number of rotatable bonds is 8. The first-order valence-corrected chi connectivity index (χ1v) is 13.3. The first kappa shape index (κ1) is 24.3. The van der Waals surface area contributed by atoms with Gasteiger partial charge in [-0.2, -0.15) is 4.98 Å². The Hall–Kier alpha value is -2.82. The van der Waals surface area contributed by atoms with Crippen molar-refractivity contribution in [2.75, 3.05) is 19.3 Å². The number of halogens is 1. The summed E-state index contributed by atoms with van der Waals surface area (Å²) >= 11 is 6.48. The molecule has 1 fully saturated rings. The average Bonchev–Trinajstić information content (AvgIpc) is 3.33. The molecule has 1 aromatic carbocycles. The lowest BCUT2D eigenvalue weighted by Gasteiger charge is -2.30. The molecule has 0 bridgehead atoms. The molecule has 2 N–H and O–H groups in total. The monoisotopic (exact) mass is 502 g/mol. The van der Waals surface area contributed by atoms with E-state index in [0.29, 0.717) is 60.0 Å². The predicted molar refractivity (Wildman–Crippen MR) is 134 cm³/mol. The molecule has 1 unspecified atom stereocenters. The third-order valence-corrected chi connectivity index (χ3v) is 7.35. The molecule has 34 heavy (non-hydrogen) atoms. The molecule has 1 saturated heterocycles. The van der Waals surface area contributed by atoms with Crippen molar-refractivity contribution < 1.29 is 13.2 Å². The van der Waals surface area contributed by atoms with Crippen molar-refractivity contribution in [2.24, 2.45) is 4.99 Å². The van der Waals surface area contributed by atoms with Crippen LogP contribution in [0.2, 0.25) is 5.02 Å². The number of hydrogen-bond acceptors (Lipinski definition) is 7. The van der Waals surface area contributed by atoms with Gasteiger partial charge in [-0.25, -0.2) is 17.7 Å². The molecule has 2 aromatic heterocycles. The summed E-state index contributed by atoms with van der Waals surface area (Å²) in [4.78, 5) is 17.3. The van der Waals surface area contributed by atoms with Gasteiger partial charge in [-0.05, 0) is 44.0 Å². The molecule has 1 aliphatic rings. The Kier molecular flexibility index (Phi) is 7.30. The Labute approximate surface area is 203 Å². The Bertz CT molecular complexity index is 1300. The van der Waals surface area contributed by atoms with E-state index < -0.39 is 16.1 Å². The smallest absolute Gasteiger partial charge is 0.226 e. The van der Waals surface area contributed by atoms with Crippen LogP contribution in [0.1, 0.15) is 43.7 Å². The van der Waals surface area contributed by atoms with Gasteiger partial charge in [-0.3, -0.25) is 4.99 Å². The fraction of sp³-hybridized carbons (Fsp3) is 0.391. The van der Waals surface area contributed by atoms with Gasteiger partial charge in [0.25, 0.3) is 0 Å². The second kappa shape index (κ2) is 10.2. The molecule has 0 spiro atoms. The van der Waals surface area contributed by atoms with E-state index >= 15 is 0 Å². The Morgan fingerprint density at radius 3 is 2.74 bits per heavy atom. The van der Waals surface area contributed by atoms with E-state index in [1.165, 1.54) is 16.8 Å². The lowest BCUT2D eigenvalue weighted by molar-refractivity contribution is 0.131. The maximum atomic E-state index is 11.8. The molecule has 1 aliphatic heterocycles. The summed E-state index contributed by atoms with van der Waals surface area (Å²) in [5.41, 5.74) is 2.22. The summed E-state index contributed by atoms with van der Waals surface area (Å²) in [5, 5.41) is 8.63. The standard InChI is InChI=1S/C23H27ClN6O3S/c1-15(27-19(8-11-25)18-7-4-12-26-18)22-28-20-6-3-5-17(24)21(20)23(29-22)33-16-9-13-30(14-10-16)34(2,31)32/h3-7,11-12,15-16,25-26H,8-10,13-14H2,1-2H3. The Morgan fingerprint density at radius 1 is 1.32 bits per heavy atom. The molecule has 180 valence electrons. The third-order valence-electron chi connectivity index (χ3n) is 5.73. The topological polar surface area (TPSA) is 124 Å². The molecule has 9 nitrogen and oxygen atoms in total. The van der Waals surface area contributed by atoms with Crippen LogP contribution in [0.5, 0.6) is 5.88 Å². The average molecular weight is 503 g/mol. The number of piperidine rings is 1. The van der Waals surface area contributed by atoms with Gasteiger partial charge in [0, 0.05) is 31.9 Å². The van der Waals surface area contributed by atoms with Crippen LogP contribution < -0.4 is 4.74 Å². The molecule has 0 amide bonds. The highest BCUT2D eigenvalue weighted by molar-refractivity contribution is 7.88. The number of fused-ring (bicyclic) bond motifs is 1. The summed E-state index contributed by atoms with van der Waals surface area (Å²) in [6, 6.07) is 8.84. The zero-order valence-corrected chi connectivity index (χ0v) is 20.6. The van der Waals surface area contributed by atoms with Crippen LogP contribution in [0, 0.1) is 5.41 Å². The molecule has 3 aromatic rings. The number of aromatic nitrogens is 3. The fourth-order valence-corrected chi connectivity index (χ4v) is 5.09. The van der Waals surface area contributed by atoms with E-state index in [-0.39, 0.29) is 6.10 Å². The maximum Gasteiger partial charge on any atom is 0.226 e. The zero-order valence-electron chi connectivity index (χ0n) is 19.0. The molecule has 4 rings (SSSR count). The highest BCUT2D eigenvalue weighted by atomic mass is 35.5. The highest BCUT2D eigenvalue weighted by Gasteiger charge is 2.27. The summed E-state index contributed by atoms with van der Waals surface area (Å²) in [6.45, 7) is 2.70. The highest BCUT2D eigenvalue weighted by Crippen LogP contribution is 2.33. The Balaban J connectivity index is 1.66. The summed E-state index contributed by atoms with van der Waals surface area (Å²) in [6.07, 6.45) is 5.66. The van der Waals surface area contributed by atoms with Crippen molar-refractivity contribution in [3.63, 3.8) is 0 Å². The molecule has 3 heterocycles. The third kappa shape index (κ3) is 5.45. The summed E-state index contributed by atoms with van der Waals surface area (Å²) in [5.74, 6) is 0.853. The maximum absolute atomic E-state index is 11.8. The minimum atomic E-state index is -3.22. The Morgan fingerprint density at radius 2 is 2.09 bits per heavy atom. The van der Waals surface area contributed by atoms with Crippen LogP contribution in [0.4, 0.5) is 0 Å². The van der Waals surface area contributed by atoms with Gasteiger partial charge in [0.2, 0.25) is 15.9 Å². The van der Waals surface area contributed by atoms with Gasteiger partial charge in [-0.1, -0.05) is 17.7 Å². The van der Waals surface area contributed by atoms with E-state index in [9.17, 15) is 8.42 Å². The molecule has 1 atom stereocenters. The van der Waals surface area contributed by atoms with Crippen LogP contribution in [0.3, 0.4) is 0 Å². The normalized spacial score (nSPS) is 17.1. The molecular formula is C23H27ClN6O3S. The van der Waals surface area contributed by atoms with Gasteiger partial charge < -0.3 is 15.1 Å². The lowest BCUT2D eigenvalue weighted by atomic mass is 10.1. The number of ether oxygens (including phenoxy) is 1. The molecular weight excluding hydrogens is 476 g/mol. The first-order valence-electron chi connectivity index (χ1n) is 11.0. The van der Waals surface area contributed by atoms with Gasteiger partial charge >= 0.3 is 0 Å². The summed E-state index contributed by atoms with van der Waals surface area (Å²) in [7, 11) is -3.22. The van der Waals surface area contributed by atoms with Crippen LogP contribution in [0.25, 0.3) is 10.9 Å². The van der Waals surface area contributed by atoms with Crippen LogP contribution in [0.15, 0.2) is 41.5 Å². The quantitative estimate of drug-likeness (QED) is 0.450. The minimum Gasteiger partial charge on any atom is -0.474 e.